The lowest BCUT2D eigenvalue weighted by Gasteiger charge is -2.26. The van der Waals surface area contributed by atoms with Gasteiger partial charge in [-0.1, -0.05) is 24.3 Å². The van der Waals surface area contributed by atoms with E-state index in [-0.39, 0.29) is 50.4 Å². The zero-order valence-electron chi connectivity index (χ0n) is 22.9. The minimum atomic E-state index is -5.06. The van der Waals surface area contributed by atoms with Crippen LogP contribution >= 0.6 is 0 Å². The van der Waals surface area contributed by atoms with E-state index < -0.39 is 70.8 Å². The first-order valence-corrected chi connectivity index (χ1v) is 15.2. The normalized spacial score (nSPS) is 13.0. The van der Waals surface area contributed by atoms with Crippen molar-refractivity contribution in [3.05, 3.63) is 75.4 Å². The Balaban J connectivity index is 1.82. The average molecular weight is 644 g/mol. The number of nitrogens with zero attached hydrogens (tertiary/aromatic N) is 3. The van der Waals surface area contributed by atoms with Gasteiger partial charge in [-0.05, 0) is 43.5 Å². The summed E-state index contributed by atoms with van der Waals surface area (Å²) >= 11 is 0. The monoisotopic (exact) mass is 643 g/mol. The summed E-state index contributed by atoms with van der Waals surface area (Å²) in [6.07, 6.45) is -1.24. The van der Waals surface area contributed by atoms with Crippen LogP contribution in [-0.4, -0.2) is 52.5 Å². The summed E-state index contributed by atoms with van der Waals surface area (Å²) in [6.45, 7) is 4.11. The molecule has 228 valence electrons. The van der Waals surface area contributed by atoms with Crippen LogP contribution in [0.25, 0.3) is 0 Å². The Bertz CT molecular complexity index is 2170. The molecule has 3 aromatic carbocycles. The van der Waals surface area contributed by atoms with Crippen molar-refractivity contribution < 1.29 is 39.9 Å². The molecule has 0 saturated carbocycles. The minimum Gasteiger partial charge on any atom is -0.397 e. The van der Waals surface area contributed by atoms with Crippen molar-refractivity contribution in [2.24, 2.45) is 0 Å². The van der Waals surface area contributed by atoms with E-state index in [0.717, 1.165) is 6.07 Å². The number of hydrogen-bond donors (Lipinski definition) is 6. The predicted molar refractivity (Wildman–Crippen MR) is 155 cm³/mol. The molecule has 0 radical (unpaired) electrons. The third-order valence-corrected chi connectivity index (χ3v) is 9.06. The summed E-state index contributed by atoms with van der Waals surface area (Å²) in [5.41, 5.74) is 9.49. The van der Waals surface area contributed by atoms with Gasteiger partial charge in [-0.25, -0.2) is 0 Å². The van der Waals surface area contributed by atoms with Crippen LogP contribution in [-0.2, 0) is 20.2 Å². The summed E-state index contributed by atoms with van der Waals surface area (Å²) in [7, 11) is -10.0. The number of carbonyl (C=O) groups is 2. The minimum absolute atomic E-state index is 0.0140. The smallest absolute Gasteiger partial charge is 0.315 e. The van der Waals surface area contributed by atoms with Gasteiger partial charge >= 0.3 is 6.08 Å². The third kappa shape index (κ3) is 4.98. The highest BCUT2D eigenvalue weighted by molar-refractivity contribution is 7.86. The van der Waals surface area contributed by atoms with Gasteiger partial charge in [-0.2, -0.15) is 36.2 Å². The van der Waals surface area contributed by atoms with Gasteiger partial charge in [0.15, 0.2) is 11.6 Å². The Morgan fingerprint density at radius 3 is 1.84 bits per heavy atom. The van der Waals surface area contributed by atoms with E-state index >= 15 is 0 Å². The number of nitrogens with one attached hydrogen (secondary N) is 2. The fraction of sp³-hybridized carbons (Fsp3) is 0.115. The molecule has 1 aliphatic carbocycles. The maximum absolute atomic E-state index is 13.9. The number of benzene rings is 3. The molecule has 1 heterocycles. The summed E-state index contributed by atoms with van der Waals surface area (Å²) < 4.78 is 83.7. The van der Waals surface area contributed by atoms with Gasteiger partial charge in [0.1, 0.15) is 9.79 Å². The van der Waals surface area contributed by atoms with Crippen molar-refractivity contribution in [1.82, 2.24) is 15.0 Å². The zero-order valence-corrected chi connectivity index (χ0v) is 24.6. The number of fused-ring (bicyclic) bond motifs is 2. The summed E-state index contributed by atoms with van der Waals surface area (Å²) in [5, 5.41) is 5.46. The molecule has 0 spiro atoms. The van der Waals surface area contributed by atoms with Crippen LogP contribution in [0, 0.1) is 26.8 Å². The van der Waals surface area contributed by atoms with Crippen molar-refractivity contribution in [1.29, 1.82) is 0 Å². The van der Waals surface area contributed by atoms with E-state index in [1.165, 1.54) is 45.0 Å². The maximum Gasteiger partial charge on any atom is 0.315 e. The fourth-order valence-corrected chi connectivity index (χ4v) is 6.86. The molecular weight excluding hydrogens is 621 g/mol. The van der Waals surface area contributed by atoms with Gasteiger partial charge in [0.05, 0.1) is 28.2 Å². The van der Waals surface area contributed by atoms with Crippen molar-refractivity contribution in [3.63, 3.8) is 0 Å². The molecule has 1 aliphatic rings. The summed E-state index contributed by atoms with van der Waals surface area (Å²) in [4.78, 5) is 36.2. The van der Waals surface area contributed by atoms with E-state index in [2.05, 4.69) is 25.6 Å². The number of nitrogens with two attached hydrogens (primary N) is 2. The van der Waals surface area contributed by atoms with Crippen molar-refractivity contribution in [2.45, 2.75) is 30.6 Å². The van der Waals surface area contributed by atoms with Gasteiger partial charge < -0.3 is 22.1 Å². The largest absolute Gasteiger partial charge is 0.397 e. The van der Waals surface area contributed by atoms with E-state index in [9.17, 15) is 39.9 Å². The Hall–Kier alpha value is -5.04. The number of hydrogen-bond acceptors (Lipinski definition) is 13. The van der Waals surface area contributed by atoms with E-state index in [1.807, 2.05) is 0 Å². The second-order valence-corrected chi connectivity index (χ2v) is 12.5. The Labute approximate surface area is 249 Å². The third-order valence-electron chi connectivity index (χ3n) is 7.04. The first-order chi connectivity index (χ1) is 20.4. The molecule has 0 aliphatic heterocycles. The molecule has 0 fully saturated rings. The van der Waals surface area contributed by atoms with Gasteiger partial charge in [0.2, 0.25) is 11.9 Å². The number of aromatic nitrogens is 3. The molecule has 1 aromatic heterocycles. The molecule has 18 heteroatoms. The summed E-state index contributed by atoms with van der Waals surface area (Å²) in [6, 6.07) is 6.57. The number of halogens is 1. The first-order valence-electron chi connectivity index (χ1n) is 12.4. The summed E-state index contributed by atoms with van der Waals surface area (Å²) in [5.74, 6) is -2.44. The lowest BCUT2D eigenvalue weighted by molar-refractivity contribution is 0.0980. The zero-order chi connectivity index (χ0) is 32.5. The van der Waals surface area contributed by atoms with E-state index in [4.69, 9.17) is 11.5 Å². The Morgan fingerprint density at radius 2 is 1.32 bits per heavy atom. The second kappa shape index (κ2) is 10.3. The van der Waals surface area contributed by atoms with Gasteiger partial charge in [-0.15, -0.1) is 0 Å². The lowest BCUT2D eigenvalue weighted by atomic mass is 9.82. The van der Waals surface area contributed by atoms with Crippen LogP contribution in [0.15, 0.2) is 40.1 Å². The Morgan fingerprint density at radius 1 is 0.773 bits per heavy atom. The van der Waals surface area contributed by atoms with Gasteiger partial charge in [-0.3, -0.25) is 18.7 Å². The highest BCUT2D eigenvalue weighted by Crippen LogP contribution is 2.44. The van der Waals surface area contributed by atoms with Crippen LogP contribution in [0.3, 0.4) is 0 Å². The van der Waals surface area contributed by atoms with E-state index in [1.54, 1.807) is 0 Å². The first kappa shape index (κ1) is 30.4. The van der Waals surface area contributed by atoms with Crippen LogP contribution in [0.5, 0.6) is 0 Å². The highest BCUT2D eigenvalue weighted by Gasteiger charge is 2.37. The molecule has 5 rings (SSSR count). The van der Waals surface area contributed by atoms with E-state index in [0.29, 0.717) is 0 Å². The van der Waals surface area contributed by atoms with Crippen LogP contribution in [0.4, 0.5) is 39.0 Å². The fourth-order valence-electron chi connectivity index (χ4n) is 5.23. The molecule has 0 bridgehead atoms. The topological polar surface area (TPSA) is 258 Å². The molecule has 8 N–H and O–H groups in total. The van der Waals surface area contributed by atoms with Crippen molar-refractivity contribution >= 4 is 66.4 Å². The molecule has 15 nitrogen and oxygen atoms in total. The van der Waals surface area contributed by atoms with Gasteiger partial charge in [0, 0.05) is 16.8 Å². The van der Waals surface area contributed by atoms with Crippen LogP contribution in [0.2, 0.25) is 0 Å². The highest BCUT2D eigenvalue weighted by atomic mass is 32.2. The molecule has 0 amide bonds. The average Bonchev–Trinajstić information content (AvgIpc) is 2.90. The van der Waals surface area contributed by atoms with Crippen molar-refractivity contribution in [2.75, 3.05) is 22.1 Å². The quantitative estimate of drug-likeness (QED) is 0.115. The molecule has 44 heavy (non-hydrogen) atoms. The number of rotatable bonds is 6. The number of anilines is 6. The molecular formula is C26H22FN7O8S2. The number of nitrogen functional groups attached to an aromatic ring is 2. The molecule has 0 atom stereocenters. The number of carbonyl (C=O) groups excluding carboxylic acids is 2. The van der Waals surface area contributed by atoms with Crippen molar-refractivity contribution in [3.8, 4) is 0 Å². The SMILES string of the molecule is Cc1c(Nc2nc(N)nc(F)n2)c(C)c(S(=O)(=O)O)c(C)c1Nc1cc(S(=O)(=O)O)c(N)c2c1C(=O)c1ccccc1C2=O. The second-order valence-electron chi connectivity index (χ2n) is 9.73. The Kier molecular flexibility index (Phi) is 7.12. The van der Waals surface area contributed by atoms with Crippen LogP contribution < -0.4 is 22.1 Å². The number of ketones is 2. The molecule has 0 saturated heterocycles. The molecule has 4 aromatic rings. The van der Waals surface area contributed by atoms with Crippen LogP contribution in [0.1, 0.15) is 48.5 Å². The molecule has 0 unspecified atom stereocenters. The van der Waals surface area contributed by atoms with Gasteiger partial charge in [0.25, 0.3) is 20.2 Å². The predicted octanol–water partition coefficient (Wildman–Crippen LogP) is 2.86. The maximum atomic E-state index is 13.9. The standard InChI is InChI=1S/C26H22FN7O8S2/c1-9-19(10(2)23(44(40,41)42)11(3)20(9)31-26-33-24(27)32-25(29)34-26)30-14-8-15(43(37,38)39)18(28)17-16(14)21(35)12-6-4-5-7-13(12)22(17)36/h4-8,30H,28H2,1-3H3,(H,37,38,39)(H,40,41,42)(H3,29,31,32,33,34). The lowest BCUT2D eigenvalue weighted by Crippen LogP contribution is -2.25.